The topological polar surface area (TPSA) is 55.6 Å². The van der Waals surface area contributed by atoms with Gasteiger partial charge in [0, 0.05) is 12.6 Å². The monoisotopic (exact) mass is 240 g/mol. The highest BCUT2D eigenvalue weighted by Crippen LogP contribution is 2.27. The van der Waals surface area contributed by atoms with Crippen LogP contribution >= 0.6 is 0 Å². The van der Waals surface area contributed by atoms with Crippen molar-refractivity contribution in [3.8, 4) is 0 Å². The second kappa shape index (κ2) is 5.83. The largest absolute Gasteiger partial charge is 0.469 e. The molecule has 2 rings (SSSR count). The first-order chi connectivity index (χ1) is 8.19. The van der Waals surface area contributed by atoms with Crippen LogP contribution in [0.15, 0.2) is 0 Å². The van der Waals surface area contributed by atoms with Gasteiger partial charge in [-0.1, -0.05) is 0 Å². The second-order valence-electron chi connectivity index (χ2n) is 5.54. The molecule has 1 heterocycles. The molecule has 4 nitrogen and oxygen atoms in total. The molecule has 1 saturated carbocycles. The summed E-state index contributed by atoms with van der Waals surface area (Å²) in [5, 5.41) is 0. The Balaban J connectivity index is 1.70. The highest BCUT2D eigenvalue weighted by molar-refractivity contribution is 5.72. The fraction of sp³-hybridized carbons (Fsp3) is 0.923. The predicted molar refractivity (Wildman–Crippen MR) is 66.5 cm³/mol. The lowest BCUT2D eigenvalue weighted by molar-refractivity contribution is -0.147. The Morgan fingerprint density at radius 2 is 2.00 bits per heavy atom. The van der Waals surface area contributed by atoms with Crippen molar-refractivity contribution in [1.29, 1.82) is 0 Å². The third-order valence-electron chi connectivity index (χ3n) is 4.22. The van der Waals surface area contributed by atoms with Crippen LogP contribution in [0.1, 0.15) is 32.1 Å². The normalized spacial score (nSPS) is 31.6. The molecule has 2 N–H and O–H groups in total. The zero-order valence-corrected chi connectivity index (χ0v) is 10.7. The van der Waals surface area contributed by atoms with Crippen molar-refractivity contribution >= 4 is 5.97 Å². The van der Waals surface area contributed by atoms with Crippen LogP contribution in [0, 0.1) is 11.8 Å². The Morgan fingerprint density at radius 3 is 2.53 bits per heavy atom. The molecule has 1 aliphatic carbocycles. The van der Waals surface area contributed by atoms with E-state index in [4.69, 9.17) is 10.5 Å². The van der Waals surface area contributed by atoms with E-state index in [9.17, 15) is 4.79 Å². The van der Waals surface area contributed by atoms with E-state index in [1.54, 1.807) is 0 Å². The highest BCUT2D eigenvalue weighted by Gasteiger charge is 2.28. The molecule has 98 valence electrons. The molecule has 0 spiro atoms. The maximum atomic E-state index is 11.4. The molecule has 4 heteroatoms. The van der Waals surface area contributed by atoms with Gasteiger partial charge in [-0.2, -0.15) is 0 Å². The Hall–Kier alpha value is -0.610. The number of rotatable bonds is 3. The molecule has 0 aromatic rings. The molecular formula is C13H24N2O2. The van der Waals surface area contributed by atoms with Crippen molar-refractivity contribution in [3.05, 3.63) is 0 Å². The van der Waals surface area contributed by atoms with Crippen molar-refractivity contribution in [2.45, 2.75) is 38.1 Å². The molecular weight excluding hydrogens is 216 g/mol. The molecule has 1 aliphatic heterocycles. The SMILES string of the molecule is COC(=O)C1CCN(C[C@@H]2CC[C@H](N)C2)CC1. The van der Waals surface area contributed by atoms with Gasteiger partial charge in [0.05, 0.1) is 13.0 Å². The maximum Gasteiger partial charge on any atom is 0.308 e. The van der Waals surface area contributed by atoms with E-state index in [2.05, 4.69) is 4.90 Å². The van der Waals surface area contributed by atoms with Crippen LogP contribution in [0.3, 0.4) is 0 Å². The summed E-state index contributed by atoms with van der Waals surface area (Å²) in [6, 6.07) is 0.424. The summed E-state index contributed by atoms with van der Waals surface area (Å²) in [6.07, 6.45) is 5.54. The van der Waals surface area contributed by atoms with Crippen molar-refractivity contribution in [3.63, 3.8) is 0 Å². The minimum absolute atomic E-state index is 0.0347. The number of carbonyl (C=O) groups is 1. The summed E-state index contributed by atoms with van der Waals surface area (Å²) in [4.78, 5) is 13.9. The van der Waals surface area contributed by atoms with Gasteiger partial charge >= 0.3 is 5.97 Å². The number of nitrogens with zero attached hydrogens (tertiary/aromatic N) is 1. The number of methoxy groups -OCH3 is 1. The standard InChI is InChI=1S/C13H24N2O2/c1-17-13(16)11-4-6-15(7-5-11)9-10-2-3-12(14)8-10/h10-12H,2-9,14H2,1H3/t10-,12+/m1/s1. The zero-order chi connectivity index (χ0) is 12.3. The molecule has 0 aromatic heterocycles. The lowest BCUT2D eigenvalue weighted by atomic mass is 9.96. The van der Waals surface area contributed by atoms with Crippen LogP contribution < -0.4 is 5.73 Å². The van der Waals surface area contributed by atoms with Gasteiger partial charge in [0.1, 0.15) is 0 Å². The molecule has 0 aromatic carbocycles. The number of ether oxygens (including phenoxy) is 1. The molecule has 0 amide bonds. The van der Waals surface area contributed by atoms with E-state index in [-0.39, 0.29) is 11.9 Å². The molecule has 0 bridgehead atoms. The maximum absolute atomic E-state index is 11.4. The number of carbonyl (C=O) groups excluding carboxylic acids is 1. The molecule has 2 fully saturated rings. The fourth-order valence-electron chi connectivity index (χ4n) is 3.16. The summed E-state index contributed by atoms with van der Waals surface area (Å²) in [7, 11) is 1.48. The third kappa shape index (κ3) is 3.42. The van der Waals surface area contributed by atoms with Gasteiger partial charge in [0.15, 0.2) is 0 Å². The summed E-state index contributed by atoms with van der Waals surface area (Å²) < 4.78 is 4.80. The van der Waals surface area contributed by atoms with Gasteiger partial charge < -0.3 is 15.4 Å². The van der Waals surface area contributed by atoms with Crippen LogP contribution in [-0.2, 0) is 9.53 Å². The van der Waals surface area contributed by atoms with Crippen LogP contribution in [0.2, 0.25) is 0 Å². The number of esters is 1. The Kier molecular flexibility index (Phi) is 4.40. The average molecular weight is 240 g/mol. The van der Waals surface area contributed by atoms with Gasteiger partial charge in [0.25, 0.3) is 0 Å². The van der Waals surface area contributed by atoms with E-state index in [0.717, 1.165) is 31.8 Å². The van der Waals surface area contributed by atoms with E-state index < -0.39 is 0 Å². The van der Waals surface area contributed by atoms with E-state index in [1.165, 1.54) is 32.9 Å². The number of piperidine rings is 1. The highest BCUT2D eigenvalue weighted by atomic mass is 16.5. The van der Waals surface area contributed by atoms with Crippen LogP contribution in [0.5, 0.6) is 0 Å². The van der Waals surface area contributed by atoms with E-state index in [1.807, 2.05) is 0 Å². The van der Waals surface area contributed by atoms with Crippen molar-refractivity contribution in [2.24, 2.45) is 17.6 Å². The van der Waals surface area contributed by atoms with Crippen LogP contribution in [-0.4, -0.2) is 43.7 Å². The lowest BCUT2D eigenvalue weighted by Gasteiger charge is -2.32. The number of hydrogen-bond acceptors (Lipinski definition) is 4. The Bertz CT molecular complexity index is 262. The second-order valence-corrected chi connectivity index (χ2v) is 5.54. The zero-order valence-electron chi connectivity index (χ0n) is 10.7. The Morgan fingerprint density at radius 1 is 1.29 bits per heavy atom. The van der Waals surface area contributed by atoms with Crippen molar-refractivity contribution in [1.82, 2.24) is 4.90 Å². The summed E-state index contributed by atoms with van der Waals surface area (Å²) in [5.41, 5.74) is 5.93. The first-order valence-electron chi connectivity index (χ1n) is 6.74. The van der Waals surface area contributed by atoms with Gasteiger partial charge in [-0.25, -0.2) is 0 Å². The Labute approximate surface area is 103 Å². The summed E-state index contributed by atoms with van der Waals surface area (Å²) in [6.45, 7) is 3.23. The van der Waals surface area contributed by atoms with Gasteiger partial charge in [-0.15, -0.1) is 0 Å². The van der Waals surface area contributed by atoms with Crippen LogP contribution in [0.4, 0.5) is 0 Å². The predicted octanol–water partition coefficient (Wildman–Crippen LogP) is 0.999. The minimum Gasteiger partial charge on any atom is -0.469 e. The minimum atomic E-state index is -0.0347. The van der Waals surface area contributed by atoms with Crippen molar-refractivity contribution < 1.29 is 9.53 Å². The van der Waals surface area contributed by atoms with Gasteiger partial charge in [-0.05, 0) is 51.1 Å². The smallest absolute Gasteiger partial charge is 0.308 e. The number of hydrogen-bond donors (Lipinski definition) is 1. The van der Waals surface area contributed by atoms with E-state index in [0.29, 0.717) is 6.04 Å². The molecule has 0 radical (unpaired) electrons. The molecule has 2 atom stereocenters. The fourth-order valence-corrected chi connectivity index (χ4v) is 3.16. The third-order valence-corrected chi connectivity index (χ3v) is 4.22. The van der Waals surface area contributed by atoms with Crippen LogP contribution in [0.25, 0.3) is 0 Å². The van der Waals surface area contributed by atoms with Gasteiger partial charge in [-0.3, -0.25) is 4.79 Å². The number of likely N-dealkylation sites (tertiary alicyclic amines) is 1. The molecule has 0 unspecified atom stereocenters. The van der Waals surface area contributed by atoms with E-state index >= 15 is 0 Å². The van der Waals surface area contributed by atoms with Gasteiger partial charge in [0.2, 0.25) is 0 Å². The molecule has 17 heavy (non-hydrogen) atoms. The molecule has 2 aliphatic rings. The lowest BCUT2D eigenvalue weighted by Crippen LogP contribution is -2.39. The summed E-state index contributed by atoms with van der Waals surface area (Å²) >= 11 is 0. The first kappa shape index (κ1) is 12.8. The van der Waals surface area contributed by atoms with Crippen molar-refractivity contribution in [2.75, 3.05) is 26.7 Å². The molecule has 1 saturated heterocycles. The first-order valence-corrected chi connectivity index (χ1v) is 6.74. The average Bonchev–Trinajstić information content (AvgIpc) is 2.75. The quantitative estimate of drug-likeness (QED) is 0.748. The summed E-state index contributed by atoms with van der Waals surface area (Å²) in [5.74, 6) is 0.870. The number of nitrogens with two attached hydrogens (primary N) is 1.